The summed E-state index contributed by atoms with van der Waals surface area (Å²) in [6, 6.07) is 0. The van der Waals surface area contributed by atoms with Crippen molar-refractivity contribution in [3.05, 3.63) is 0 Å². The number of rotatable bonds is 1. The van der Waals surface area contributed by atoms with Crippen LogP contribution in [0.5, 0.6) is 0 Å². The second-order valence-corrected chi connectivity index (χ2v) is 6.25. The van der Waals surface area contributed by atoms with Gasteiger partial charge in [-0.15, -0.1) is 0 Å². The van der Waals surface area contributed by atoms with Gasteiger partial charge in [-0.3, -0.25) is 0 Å². The number of alkyl halides is 2. The van der Waals surface area contributed by atoms with Gasteiger partial charge < -0.3 is 0 Å². The van der Waals surface area contributed by atoms with Gasteiger partial charge in [0, 0.05) is 0 Å². The van der Waals surface area contributed by atoms with Crippen molar-refractivity contribution in [2.75, 3.05) is 2.41 Å². The van der Waals surface area contributed by atoms with E-state index in [1.165, 1.54) is 0 Å². The average Bonchev–Trinajstić information content (AvgIpc) is 1.36. The zero-order valence-corrected chi connectivity index (χ0v) is 7.38. The van der Waals surface area contributed by atoms with Crippen LogP contribution in [0.2, 0.25) is 0 Å². The molecule has 0 aliphatic carbocycles. The first-order chi connectivity index (χ1) is 2.64. The van der Waals surface area contributed by atoms with E-state index in [4.69, 9.17) is 1.96 Å². The van der Waals surface area contributed by atoms with Crippen molar-refractivity contribution >= 4 is 49.9 Å². The SMILES string of the molecule is [2H]C(I)I([2H])P. The van der Waals surface area contributed by atoms with Crippen molar-refractivity contribution in [3.63, 3.8) is 0 Å². The third-order valence-corrected chi connectivity index (χ3v) is 6.43. The zero-order chi connectivity index (χ0) is 5.15. The van der Waals surface area contributed by atoms with Gasteiger partial charge in [-0.2, -0.15) is 0 Å². The van der Waals surface area contributed by atoms with Gasteiger partial charge in [-0.1, -0.05) is 0 Å². The number of hydrogen-bond acceptors (Lipinski definition) is 0. The van der Waals surface area contributed by atoms with Gasteiger partial charge in [0.1, 0.15) is 0 Å². The summed E-state index contributed by atoms with van der Waals surface area (Å²) in [6.45, 7) is 2.40. The average molecular weight is 304 g/mol. The molecule has 2 unspecified atom stereocenters. The Morgan fingerprint density at radius 3 is 3.00 bits per heavy atom. The minimum absolute atomic E-state index is 0.142. The summed E-state index contributed by atoms with van der Waals surface area (Å²) >= 11 is 0.396. The molecule has 0 saturated carbocycles. The van der Waals surface area contributed by atoms with Crippen LogP contribution in [0.15, 0.2) is 0 Å². The molecule has 0 aliphatic heterocycles. The van der Waals surface area contributed by atoms with Gasteiger partial charge in [0.2, 0.25) is 0 Å². The molecular formula is CH5I2P. The van der Waals surface area contributed by atoms with E-state index in [0.717, 1.165) is 0 Å². The fraction of sp³-hybridized carbons (Fsp3) is 1.00. The molecule has 0 aliphatic rings. The van der Waals surface area contributed by atoms with Gasteiger partial charge in [0.05, 0.1) is 0 Å². The summed E-state index contributed by atoms with van der Waals surface area (Å²) < 4.78 is 13.7. The molecule has 0 N–H and O–H groups in total. The van der Waals surface area contributed by atoms with Gasteiger partial charge in [-0.05, 0) is 0 Å². The van der Waals surface area contributed by atoms with Crippen LogP contribution in [-0.4, -0.2) is 3.00 Å². The van der Waals surface area contributed by atoms with Gasteiger partial charge in [0.15, 0.2) is 0 Å². The Morgan fingerprint density at radius 2 is 3.00 bits per heavy atom. The van der Waals surface area contributed by atoms with Crippen LogP contribution in [0.25, 0.3) is 0 Å². The van der Waals surface area contributed by atoms with Crippen molar-refractivity contribution in [3.8, 4) is 0 Å². The Labute approximate surface area is 53.9 Å². The van der Waals surface area contributed by atoms with Crippen LogP contribution in [0.4, 0.5) is 0 Å². The normalized spacial score (nSPS) is 26.0. The quantitative estimate of drug-likeness (QED) is 0.394. The second kappa shape index (κ2) is 4.89. The maximum atomic E-state index is 6.96. The van der Waals surface area contributed by atoms with Crippen LogP contribution < -0.4 is 0 Å². The van der Waals surface area contributed by atoms with Crippen LogP contribution in [0.1, 0.15) is 1.37 Å². The van der Waals surface area contributed by atoms with E-state index in [1.807, 2.05) is 22.6 Å². The summed E-state index contributed by atoms with van der Waals surface area (Å²) in [5.74, 6) is 0. The van der Waals surface area contributed by atoms with Crippen molar-refractivity contribution in [2.45, 2.75) is 0 Å². The van der Waals surface area contributed by atoms with E-state index in [9.17, 15) is 0 Å². The van der Waals surface area contributed by atoms with Gasteiger partial charge >= 0.3 is 54.3 Å². The molecule has 28 valence electrons. The molecule has 0 saturated heterocycles. The van der Waals surface area contributed by atoms with Crippen LogP contribution in [0, 0.1) is 0 Å². The molecule has 0 amide bonds. The molecule has 0 bridgehead atoms. The molecule has 0 heterocycles. The zero-order valence-electron chi connectivity index (χ0n) is 3.91. The monoisotopic (exact) mass is 304 g/mol. The Balaban J connectivity index is 2.99. The summed E-state index contributed by atoms with van der Waals surface area (Å²) in [5.41, 5.74) is 0. The molecule has 0 aromatic rings. The fourth-order valence-corrected chi connectivity index (χ4v) is 0. The van der Waals surface area contributed by atoms with Crippen molar-refractivity contribution in [1.82, 2.24) is 0 Å². The first-order valence-electron chi connectivity index (χ1n) is 1.61. The molecule has 4 heavy (non-hydrogen) atoms. The van der Waals surface area contributed by atoms with E-state index >= 15 is 0 Å². The van der Waals surface area contributed by atoms with Crippen LogP contribution in [0.3, 0.4) is 0 Å². The van der Waals surface area contributed by atoms with Crippen LogP contribution in [-0.2, 0) is 0 Å². The summed E-state index contributed by atoms with van der Waals surface area (Å²) in [7, 11) is 0. The van der Waals surface area contributed by atoms with Crippen molar-refractivity contribution < 1.29 is 1.37 Å². The maximum absolute atomic E-state index is 6.96. The summed E-state index contributed by atoms with van der Waals surface area (Å²) in [4.78, 5) is 0. The van der Waals surface area contributed by atoms with Crippen molar-refractivity contribution in [2.24, 2.45) is 0 Å². The molecule has 0 radical (unpaired) electrons. The Hall–Kier alpha value is 1.89. The second-order valence-electron chi connectivity index (χ2n) is 0.208. The predicted octanol–water partition coefficient (Wildman–Crippen LogP) is 1.87. The summed E-state index contributed by atoms with van der Waals surface area (Å²) in [6.07, 6.45) is 0. The third kappa shape index (κ3) is 3.89. The van der Waals surface area contributed by atoms with Gasteiger partial charge in [-0.25, -0.2) is 0 Å². The molecule has 3 heteroatoms. The summed E-state index contributed by atoms with van der Waals surface area (Å²) in [5, 5.41) is 0. The molecule has 0 fully saturated rings. The topological polar surface area (TPSA) is 0 Å². The first kappa shape index (κ1) is 2.97. The minimum atomic E-state index is -1.56. The van der Waals surface area contributed by atoms with E-state index in [1.54, 1.807) is 0 Å². The molecule has 0 nitrogen and oxygen atoms in total. The number of hydrogen-bond donors (Lipinski definition) is 0. The van der Waals surface area contributed by atoms with Gasteiger partial charge in [0.25, 0.3) is 0 Å². The number of halogens is 2. The molecule has 0 rings (SSSR count). The van der Waals surface area contributed by atoms with Crippen molar-refractivity contribution in [1.29, 1.82) is 0.594 Å². The van der Waals surface area contributed by atoms with Crippen LogP contribution >= 0.6 is 49.9 Å². The van der Waals surface area contributed by atoms with E-state index < -0.39 is 20.5 Å². The molecular weight excluding hydrogens is 297 g/mol. The Morgan fingerprint density at radius 1 is 2.75 bits per heavy atom. The molecule has 2 atom stereocenters. The standard InChI is InChI=1S/CH5I2P/c2-1-3-4/h3H,1,4H2/i1D,3D. The Bertz CT molecular complexity index is 32.5. The fourth-order valence-electron chi connectivity index (χ4n) is 0. The Kier molecular flexibility index (Phi) is 3.63. The third-order valence-electron chi connectivity index (χ3n) is 0.0476. The van der Waals surface area contributed by atoms with E-state index in [0.29, 0.717) is 0 Å². The predicted molar refractivity (Wildman–Crippen MR) is 44.0 cm³/mol. The molecule has 0 aromatic heterocycles. The van der Waals surface area contributed by atoms with E-state index in [-0.39, 0.29) is 2.41 Å². The molecule has 0 aromatic carbocycles. The molecule has 0 spiro atoms. The first-order valence-corrected chi connectivity index (χ1v) is 7.32. The van der Waals surface area contributed by atoms with E-state index in [2.05, 4.69) is 6.88 Å².